The third kappa shape index (κ3) is 3.40. The fourth-order valence-corrected chi connectivity index (χ4v) is 1.99. The minimum absolute atomic E-state index is 0.797. The number of aromatic carboxylic acids is 2. The summed E-state index contributed by atoms with van der Waals surface area (Å²) < 4.78 is 30.5. The van der Waals surface area contributed by atoms with Crippen molar-refractivity contribution in [1.82, 2.24) is 0 Å². The van der Waals surface area contributed by atoms with Crippen LogP contribution in [0.4, 0.5) is 0 Å². The molecule has 0 aliphatic heterocycles. The molecule has 98 valence electrons. The number of hydrogen-bond acceptors (Lipinski definition) is 6. The molecule has 1 N–H and O–H groups in total. The first kappa shape index (κ1) is 15.8. The van der Waals surface area contributed by atoms with Crippen LogP contribution in [-0.4, -0.2) is 24.9 Å². The van der Waals surface area contributed by atoms with Crippen molar-refractivity contribution in [3.63, 3.8) is 0 Å². The zero-order chi connectivity index (χ0) is 14.5. The minimum Gasteiger partial charge on any atom is -0.545 e. The summed E-state index contributed by atoms with van der Waals surface area (Å²) in [6, 6.07) is 2.58. The first-order valence-electron chi connectivity index (χ1n) is 4.28. The standard InChI is InChI=1S/C8H6O7S.C2H4/c9-7(10)4-2-1-3-5(8(11)12)6(4)16(13,14)15;1-2/h1-3H,(H,9,10)(H,11,12)(H,13,14,15);1-2H2/p-2. The topological polar surface area (TPSA) is 135 Å². The molecule has 1 rings (SSSR count). The van der Waals surface area contributed by atoms with Crippen LogP contribution in [0.25, 0.3) is 0 Å². The van der Waals surface area contributed by atoms with Crippen molar-refractivity contribution in [3.8, 4) is 0 Å². The maximum atomic E-state index is 10.9. The summed E-state index contributed by atoms with van der Waals surface area (Å²) in [6.45, 7) is 6.00. The van der Waals surface area contributed by atoms with Gasteiger partial charge in [0.05, 0.1) is 11.9 Å². The van der Waals surface area contributed by atoms with Gasteiger partial charge in [0.1, 0.15) is 4.90 Å². The van der Waals surface area contributed by atoms with Crippen molar-refractivity contribution < 1.29 is 32.8 Å². The molecule has 8 heteroatoms. The van der Waals surface area contributed by atoms with Gasteiger partial charge in [-0.3, -0.25) is 4.55 Å². The van der Waals surface area contributed by atoms with E-state index in [1.807, 2.05) is 0 Å². The van der Waals surface area contributed by atoms with Crippen molar-refractivity contribution >= 4 is 22.1 Å². The van der Waals surface area contributed by atoms with Crippen molar-refractivity contribution in [1.29, 1.82) is 0 Å². The average Bonchev–Trinajstić information content (AvgIpc) is 2.29. The number of carbonyl (C=O) groups excluding carboxylic acids is 2. The minimum atomic E-state index is -5.00. The highest BCUT2D eigenvalue weighted by Gasteiger charge is 2.21. The van der Waals surface area contributed by atoms with E-state index in [4.69, 9.17) is 4.55 Å². The second-order valence-corrected chi connectivity index (χ2v) is 4.09. The molecule has 0 radical (unpaired) electrons. The SMILES string of the molecule is C=C.O=C([O-])c1cccc(C(=O)[O-])c1S(=O)(=O)O. The van der Waals surface area contributed by atoms with Gasteiger partial charge in [-0.05, 0) is 0 Å². The van der Waals surface area contributed by atoms with Gasteiger partial charge in [-0.1, -0.05) is 18.2 Å². The molecule has 18 heavy (non-hydrogen) atoms. The van der Waals surface area contributed by atoms with Crippen molar-refractivity contribution in [2.75, 3.05) is 0 Å². The number of benzene rings is 1. The summed E-state index contributed by atoms with van der Waals surface area (Å²) in [4.78, 5) is 19.8. The molecule has 0 aromatic heterocycles. The molecule has 0 saturated carbocycles. The predicted octanol–water partition coefficient (Wildman–Crippen LogP) is -1.54. The lowest BCUT2D eigenvalue weighted by atomic mass is 10.1. The summed E-state index contributed by atoms with van der Waals surface area (Å²) in [6.07, 6.45) is 0. The fourth-order valence-electron chi connectivity index (χ4n) is 1.14. The lowest BCUT2D eigenvalue weighted by Gasteiger charge is -2.13. The molecule has 1 aromatic carbocycles. The molecule has 0 fully saturated rings. The molecule has 0 aliphatic carbocycles. The number of hydrogen-bond donors (Lipinski definition) is 1. The van der Waals surface area contributed by atoms with Crippen molar-refractivity contribution in [2.45, 2.75) is 4.90 Å². The molecule has 1 aromatic rings. The van der Waals surface area contributed by atoms with E-state index in [1.54, 1.807) is 0 Å². The van der Waals surface area contributed by atoms with Crippen LogP contribution in [0.1, 0.15) is 20.7 Å². The molecule has 0 aliphatic rings. The van der Waals surface area contributed by atoms with Gasteiger partial charge in [0.25, 0.3) is 10.1 Å². The van der Waals surface area contributed by atoms with Crippen LogP contribution in [0.2, 0.25) is 0 Å². The van der Waals surface area contributed by atoms with Gasteiger partial charge in [-0.2, -0.15) is 8.42 Å². The Bertz CT molecular complexity index is 542. The quantitative estimate of drug-likeness (QED) is 0.520. The van der Waals surface area contributed by atoms with E-state index in [0.717, 1.165) is 18.2 Å². The third-order valence-electron chi connectivity index (χ3n) is 1.71. The fraction of sp³-hybridized carbons (Fsp3) is 0. The maximum Gasteiger partial charge on any atom is 0.295 e. The van der Waals surface area contributed by atoms with Gasteiger partial charge in [0.15, 0.2) is 0 Å². The lowest BCUT2D eigenvalue weighted by Crippen LogP contribution is -2.29. The maximum absolute atomic E-state index is 10.9. The van der Waals surface area contributed by atoms with Crippen molar-refractivity contribution in [2.24, 2.45) is 0 Å². The molecule has 0 amide bonds. The summed E-state index contributed by atoms with van der Waals surface area (Å²) >= 11 is 0. The monoisotopic (exact) mass is 272 g/mol. The highest BCUT2D eigenvalue weighted by Crippen LogP contribution is 2.19. The Morgan fingerprint density at radius 2 is 1.39 bits per heavy atom. The highest BCUT2D eigenvalue weighted by atomic mass is 32.2. The van der Waals surface area contributed by atoms with Gasteiger partial charge >= 0.3 is 0 Å². The van der Waals surface area contributed by atoms with Crippen LogP contribution in [-0.2, 0) is 10.1 Å². The molecular formula is C10H8O7S-2. The number of carbonyl (C=O) groups is 2. The van der Waals surface area contributed by atoms with E-state index in [-0.39, 0.29) is 0 Å². The molecule has 0 unspecified atom stereocenters. The average molecular weight is 272 g/mol. The molecule has 0 spiro atoms. The highest BCUT2D eigenvalue weighted by molar-refractivity contribution is 7.86. The van der Waals surface area contributed by atoms with E-state index in [1.165, 1.54) is 0 Å². The van der Waals surface area contributed by atoms with Crippen LogP contribution in [0, 0.1) is 0 Å². The number of carboxylic acids is 2. The summed E-state index contributed by atoms with van der Waals surface area (Å²) in [7, 11) is -5.00. The lowest BCUT2D eigenvalue weighted by molar-refractivity contribution is -0.255. The number of rotatable bonds is 3. The van der Waals surface area contributed by atoms with Gasteiger partial charge in [-0.25, -0.2) is 0 Å². The van der Waals surface area contributed by atoms with Crippen molar-refractivity contribution in [3.05, 3.63) is 42.5 Å². The van der Waals surface area contributed by atoms with Gasteiger partial charge < -0.3 is 19.8 Å². The van der Waals surface area contributed by atoms with Crippen LogP contribution < -0.4 is 10.2 Å². The van der Waals surface area contributed by atoms with E-state index >= 15 is 0 Å². The molecule has 7 nitrogen and oxygen atoms in total. The Hall–Kier alpha value is -2.19. The Labute approximate surface area is 103 Å². The molecular weight excluding hydrogens is 264 g/mol. The van der Waals surface area contributed by atoms with Crippen LogP contribution in [0.3, 0.4) is 0 Å². The van der Waals surface area contributed by atoms with Crippen LogP contribution >= 0.6 is 0 Å². The molecule has 0 atom stereocenters. The van der Waals surface area contributed by atoms with E-state index < -0.39 is 38.1 Å². The summed E-state index contributed by atoms with van der Waals surface area (Å²) in [5, 5.41) is 21.1. The van der Waals surface area contributed by atoms with Crippen LogP contribution in [0.15, 0.2) is 36.3 Å². The van der Waals surface area contributed by atoms with Gasteiger partial charge in [0.2, 0.25) is 0 Å². The Kier molecular flexibility index (Phi) is 5.22. The van der Waals surface area contributed by atoms with Gasteiger partial charge in [0, 0.05) is 11.1 Å². The van der Waals surface area contributed by atoms with Crippen LogP contribution in [0.5, 0.6) is 0 Å². The smallest absolute Gasteiger partial charge is 0.295 e. The Balaban J connectivity index is 0.00000137. The molecule has 0 saturated heterocycles. The second-order valence-electron chi connectivity index (χ2n) is 2.73. The number of carboxylic acid groups (broad SMARTS) is 2. The molecule has 0 heterocycles. The zero-order valence-corrected chi connectivity index (χ0v) is 9.77. The largest absolute Gasteiger partial charge is 0.545 e. The van der Waals surface area contributed by atoms with E-state index in [9.17, 15) is 28.2 Å². The first-order valence-corrected chi connectivity index (χ1v) is 5.72. The van der Waals surface area contributed by atoms with E-state index in [2.05, 4.69) is 13.2 Å². The Morgan fingerprint density at radius 3 is 1.61 bits per heavy atom. The second kappa shape index (κ2) is 5.94. The summed E-state index contributed by atoms with van der Waals surface area (Å²) in [5.74, 6) is -3.84. The Morgan fingerprint density at radius 1 is 1.06 bits per heavy atom. The predicted molar refractivity (Wildman–Crippen MR) is 56.2 cm³/mol. The normalized spacial score (nSPS) is 10.1. The first-order chi connectivity index (χ1) is 8.25. The summed E-state index contributed by atoms with van der Waals surface area (Å²) in [5.41, 5.74) is -1.88. The van der Waals surface area contributed by atoms with E-state index in [0.29, 0.717) is 0 Å². The van der Waals surface area contributed by atoms with Gasteiger partial charge in [-0.15, -0.1) is 13.2 Å². The molecule has 0 bridgehead atoms. The zero-order valence-electron chi connectivity index (χ0n) is 8.95. The third-order valence-corrected chi connectivity index (χ3v) is 2.67.